The minimum absolute atomic E-state index is 0.117. The van der Waals surface area contributed by atoms with Gasteiger partial charge in [-0.2, -0.15) is 0 Å². The van der Waals surface area contributed by atoms with Crippen LogP contribution in [0.15, 0.2) is 46.9 Å². The van der Waals surface area contributed by atoms with E-state index < -0.39 is 5.82 Å². The summed E-state index contributed by atoms with van der Waals surface area (Å²) in [7, 11) is 0. The first-order chi connectivity index (χ1) is 11.2. The third kappa shape index (κ3) is 2.72. The van der Waals surface area contributed by atoms with E-state index >= 15 is 0 Å². The maximum Gasteiger partial charge on any atom is 0.191 e. The smallest absolute Gasteiger partial charge is 0.191 e. The SMILES string of the molecule is O=C1C(=Cc2ccc3c(c2)OCCO3)CSc2ccc(F)cc21. The molecule has 0 aromatic heterocycles. The molecule has 2 heterocycles. The van der Waals surface area contributed by atoms with Crippen molar-refractivity contribution in [3.63, 3.8) is 0 Å². The fourth-order valence-electron chi connectivity index (χ4n) is 2.66. The summed E-state index contributed by atoms with van der Waals surface area (Å²) in [5.74, 6) is 1.47. The predicted octanol–water partition coefficient (Wildman–Crippen LogP) is 3.97. The highest BCUT2D eigenvalue weighted by atomic mass is 32.2. The van der Waals surface area contributed by atoms with E-state index in [0.29, 0.717) is 35.9 Å². The average molecular weight is 328 g/mol. The molecule has 0 spiro atoms. The van der Waals surface area contributed by atoms with Crippen LogP contribution in [0.3, 0.4) is 0 Å². The number of thioether (sulfide) groups is 1. The van der Waals surface area contributed by atoms with Crippen LogP contribution in [0, 0.1) is 5.82 Å². The molecular formula is C18H13FO3S. The number of ether oxygens (including phenoxy) is 2. The lowest BCUT2D eigenvalue weighted by Crippen LogP contribution is -2.15. The van der Waals surface area contributed by atoms with E-state index in [1.54, 1.807) is 17.8 Å². The number of hydrogen-bond donors (Lipinski definition) is 0. The number of carbonyl (C=O) groups is 1. The van der Waals surface area contributed by atoms with Crippen LogP contribution in [0.4, 0.5) is 4.39 Å². The Balaban J connectivity index is 1.68. The molecular weight excluding hydrogens is 315 g/mol. The molecule has 2 aliphatic rings. The number of fused-ring (bicyclic) bond motifs is 2. The Labute approximate surface area is 137 Å². The van der Waals surface area contributed by atoms with E-state index in [1.807, 2.05) is 24.3 Å². The van der Waals surface area contributed by atoms with Crippen LogP contribution in [-0.4, -0.2) is 24.7 Å². The van der Waals surface area contributed by atoms with Crippen molar-refractivity contribution in [2.45, 2.75) is 4.90 Å². The number of halogens is 1. The highest BCUT2D eigenvalue weighted by Gasteiger charge is 2.23. The Morgan fingerprint density at radius 3 is 2.74 bits per heavy atom. The van der Waals surface area contributed by atoms with Crippen LogP contribution in [0.25, 0.3) is 6.08 Å². The summed E-state index contributed by atoms with van der Waals surface area (Å²) in [5.41, 5.74) is 1.97. The van der Waals surface area contributed by atoms with E-state index in [1.165, 1.54) is 12.1 Å². The molecule has 0 N–H and O–H groups in total. The van der Waals surface area contributed by atoms with Gasteiger partial charge in [0, 0.05) is 21.8 Å². The van der Waals surface area contributed by atoms with E-state index in [4.69, 9.17) is 9.47 Å². The highest BCUT2D eigenvalue weighted by molar-refractivity contribution is 7.99. The second-order valence-corrected chi connectivity index (χ2v) is 6.35. The fraction of sp³-hybridized carbons (Fsp3) is 0.167. The van der Waals surface area contributed by atoms with Crippen LogP contribution in [-0.2, 0) is 0 Å². The van der Waals surface area contributed by atoms with E-state index in [2.05, 4.69) is 0 Å². The predicted molar refractivity (Wildman–Crippen MR) is 86.9 cm³/mol. The zero-order chi connectivity index (χ0) is 15.8. The topological polar surface area (TPSA) is 35.5 Å². The zero-order valence-corrected chi connectivity index (χ0v) is 13.0. The van der Waals surface area contributed by atoms with Gasteiger partial charge in [0.05, 0.1) is 0 Å². The largest absolute Gasteiger partial charge is 0.486 e. The molecule has 5 heteroatoms. The second-order valence-electron chi connectivity index (χ2n) is 5.33. The molecule has 0 fully saturated rings. The third-order valence-electron chi connectivity index (χ3n) is 3.77. The Morgan fingerprint density at radius 1 is 1.04 bits per heavy atom. The first-order valence-corrected chi connectivity index (χ1v) is 8.26. The highest BCUT2D eigenvalue weighted by Crippen LogP contribution is 2.35. The summed E-state index contributed by atoms with van der Waals surface area (Å²) in [4.78, 5) is 13.4. The van der Waals surface area contributed by atoms with Crippen LogP contribution < -0.4 is 9.47 Å². The summed E-state index contributed by atoms with van der Waals surface area (Å²) < 4.78 is 24.4. The van der Waals surface area contributed by atoms with Gasteiger partial charge in [-0.25, -0.2) is 4.39 Å². The van der Waals surface area contributed by atoms with Gasteiger partial charge in [-0.15, -0.1) is 11.8 Å². The number of benzene rings is 2. The van der Waals surface area contributed by atoms with Gasteiger partial charge in [-0.05, 0) is 42.0 Å². The minimum atomic E-state index is -0.390. The molecule has 2 aliphatic heterocycles. The molecule has 0 atom stereocenters. The van der Waals surface area contributed by atoms with Crippen LogP contribution in [0.2, 0.25) is 0 Å². The van der Waals surface area contributed by atoms with Crippen molar-refractivity contribution < 1.29 is 18.7 Å². The Morgan fingerprint density at radius 2 is 1.87 bits per heavy atom. The number of Topliss-reactive ketones (excluding diaryl/α,β-unsaturated/α-hetero) is 1. The molecule has 0 radical (unpaired) electrons. The van der Waals surface area contributed by atoms with Gasteiger partial charge in [-0.1, -0.05) is 6.07 Å². The van der Waals surface area contributed by atoms with Gasteiger partial charge in [0.2, 0.25) is 0 Å². The molecule has 0 amide bonds. The van der Waals surface area contributed by atoms with Crippen molar-refractivity contribution in [3.8, 4) is 11.5 Å². The molecule has 0 saturated carbocycles. The summed E-state index contributed by atoms with van der Waals surface area (Å²) in [5, 5.41) is 0. The number of carbonyl (C=O) groups excluding carboxylic acids is 1. The Bertz CT molecular complexity index is 829. The molecule has 0 aliphatic carbocycles. The normalized spacial score (nSPS) is 18.0. The molecule has 4 rings (SSSR count). The third-order valence-corrected chi connectivity index (χ3v) is 4.89. The zero-order valence-electron chi connectivity index (χ0n) is 12.2. The summed E-state index contributed by atoms with van der Waals surface area (Å²) in [6, 6.07) is 9.94. The summed E-state index contributed by atoms with van der Waals surface area (Å²) in [6.45, 7) is 1.07. The lowest BCUT2D eigenvalue weighted by Gasteiger charge is -2.19. The molecule has 0 saturated heterocycles. The van der Waals surface area contributed by atoms with Gasteiger partial charge in [-0.3, -0.25) is 4.79 Å². The lowest BCUT2D eigenvalue weighted by atomic mass is 10.0. The first-order valence-electron chi connectivity index (χ1n) is 7.28. The number of ketones is 1. The maximum atomic E-state index is 13.4. The minimum Gasteiger partial charge on any atom is -0.486 e. The molecule has 23 heavy (non-hydrogen) atoms. The summed E-state index contributed by atoms with van der Waals surface area (Å²) in [6.07, 6.45) is 1.83. The quantitative estimate of drug-likeness (QED) is 0.742. The van der Waals surface area contributed by atoms with Gasteiger partial charge in [0.1, 0.15) is 19.0 Å². The van der Waals surface area contributed by atoms with Crippen molar-refractivity contribution in [2.75, 3.05) is 19.0 Å². The van der Waals surface area contributed by atoms with Crippen molar-refractivity contribution >= 4 is 23.6 Å². The van der Waals surface area contributed by atoms with Gasteiger partial charge >= 0.3 is 0 Å². The Kier molecular flexibility index (Phi) is 3.58. The average Bonchev–Trinajstić information content (AvgIpc) is 2.58. The van der Waals surface area contributed by atoms with Gasteiger partial charge in [0.15, 0.2) is 17.3 Å². The lowest BCUT2D eigenvalue weighted by molar-refractivity contribution is 0.103. The molecule has 0 unspecified atom stereocenters. The molecule has 3 nitrogen and oxygen atoms in total. The van der Waals surface area contributed by atoms with Crippen LogP contribution >= 0.6 is 11.8 Å². The van der Waals surface area contributed by atoms with E-state index in [0.717, 1.165) is 16.2 Å². The van der Waals surface area contributed by atoms with Crippen molar-refractivity contribution in [1.29, 1.82) is 0 Å². The van der Waals surface area contributed by atoms with Crippen molar-refractivity contribution in [3.05, 3.63) is 58.9 Å². The Hall–Kier alpha value is -2.27. The maximum absolute atomic E-state index is 13.4. The first kappa shape index (κ1) is 14.3. The van der Waals surface area contributed by atoms with Crippen LogP contribution in [0.5, 0.6) is 11.5 Å². The molecule has 116 valence electrons. The monoisotopic (exact) mass is 328 g/mol. The molecule has 2 aromatic carbocycles. The number of hydrogen-bond acceptors (Lipinski definition) is 4. The van der Waals surface area contributed by atoms with E-state index in [9.17, 15) is 9.18 Å². The van der Waals surface area contributed by atoms with Crippen LogP contribution in [0.1, 0.15) is 15.9 Å². The van der Waals surface area contributed by atoms with Crippen molar-refractivity contribution in [2.24, 2.45) is 0 Å². The van der Waals surface area contributed by atoms with Gasteiger partial charge in [0.25, 0.3) is 0 Å². The molecule has 0 bridgehead atoms. The fourth-order valence-corrected chi connectivity index (χ4v) is 3.65. The summed E-state index contributed by atoms with van der Waals surface area (Å²) >= 11 is 1.55. The second kappa shape index (κ2) is 5.74. The van der Waals surface area contributed by atoms with E-state index in [-0.39, 0.29) is 5.78 Å². The number of rotatable bonds is 1. The van der Waals surface area contributed by atoms with Crippen molar-refractivity contribution in [1.82, 2.24) is 0 Å². The molecule has 2 aromatic rings. The standard InChI is InChI=1S/C18H13FO3S/c19-13-2-4-17-14(9-13)18(20)12(10-23-17)7-11-1-3-15-16(8-11)22-6-5-21-15/h1-4,7-9H,5-6,10H2. The van der Waals surface area contributed by atoms with Gasteiger partial charge < -0.3 is 9.47 Å².